The van der Waals surface area contributed by atoms with Gasteiger partial charge in [0.15, 0.2) is 0 Å². The minimum absolute atomic E-state index is 0.0191. The summed E-state index contributed by atoms with van der Waals surface area (Å²) >= 11 is 0. The average molecular weight is 743 g/mol. The Balaban J connectivity index is 0.800. The Morgan fingerprint density at radius 2 is 1.59 bits per heavy atom. The summed E-state index contributed by atoms with van der Waals surface area (Å²) in [6.07, 6.45) is 8.46. The maximum absolute atomic E-state index is 14.9. The molecule has 0 amide bonds. The van der Waals surface area contributed by atoms with Gasteiger partial charge in [0.1, 0.15) is 11.9 Å². The van der Waals surface area contributed by atoms with E-state index in [1.807, 2.05) is 36.8 Å². The van der Waals surface area contributed by atoms with Gasteiger partial charge < -0.3 is 28.3 Å². The lowest BCUT2D eigenvalue weighted by Gasteiger charge is -2.40. The highest BCUT2D eigenvalue weighted by atomic mass is 19.3. The molecule has 1 saturated heterocycles. The van der Waals surface area contributed by atoms with E-state index in [0.29, 0.717) is 31.8 Å². The van der Waals surface area contributed by atoms with Crippen molar-refractivity contribution in [1.29, 1.82) is 0 Å². The first-order valence-corrected chi connectivity index (χ1v) is 18.2. The second kappa shape index (κ2) is 16.1. The summed E-state index contributed by atoms with van der Waals surface area (Å²) in [4.78, 5) is 34.7. The fourth-order valence-electron chi connectivity index (χ4n) is 7.33. The lowest BCUT2D eigenvalue weighted by atomic mass is 9.91. The molecular weight excluding hydrogens is 698 g/mol. The molecule has 1 saturated carbocycles. The number of carbonyl (C=O) groups excluding carboxylic acids is 2. The maximum Gasteiger partial charge on any atom is 0.338 e. The maximum atomic E-state index is 14.9. The van der Waals surface area contributed by atoms with Crippen LogP contribution in [-0.2, 0) is 21.3 Å². The van der Waals surface area contributed by atoms with Crippen LogP contribution in [0.5, 0.6) is 11.6 Å². The number of piperidine rings is 1. The molecule has 2 aliphatic rings. The molecule has 2 fully saturated rings. The van der Waals surface area contributed by atoms with Crippen molar-refractivity contribution in [3.05, 3.63) is 84.3 Å². The number of pyridine rings is 2. The molecule has 5 aromatic rings. The lowest BCUT2D eigenvalue weighted by Crippen LogP contribution is -2.46. The molecule has 1 aliphatic carbocycles. The van der Waals surface area contributed by atoms with Crippen molar-refractivity contribution in [3.8, 4) is 22.8 Å². The molecule has 0 atom stereocenters. The standard InChI is InChI=1S/C41H44F2N4O7/c1-46-36-11-15-44-24-35(36)32-8-5-26(19-37(32)46)27-6-10-38(45-23-27)54-31-20-30(21-31)53-28-12-16-47(17-13-28)25-41(42,43)14-4-18-52-29-7-9-33(39(48)50-2)34(22-29)40(49)51-3/h5-11,15,19,22-24,28,30-31H,4,12-14,16-18,20-21,25H2,1-3H3. The van der Waals surface area contributed by atoms with E-state index >= 15 is 0 Å². The molecule has 3 aromatic heterocycles. The smallest absolute Gasteiger partial charge is 0.338 e. The van der Waals surface area contributed by atoms with Crippen LogP contribution >= 0.6 is 0 Å². The van der Waals surface area contributed by atoms with E-state index in [0.717, 1.165) is 40.4 Å². The summed E-state index contributed by atoms with van der Waals surface area (Å²) in [5, 5.41) is 2.31. The topological polar surface area (TPSA) is 114 Å². The molecule has 0 unspecified atom stereocenters. The van der Waals surface area contributed by atoms with Crippen molar-refractivity contribution in [3.63, 3.8) is 0 Å². The number of fused-ring (bicyclic) bond motifs is 3. The van der Waals surface area contributed by atoms with Crippen molar-refractivity contribution < 1.29 is 42.1 Å². The zero-order valence-electron chi connectivity index (χ0n) is 30.6. The molecule has 1 aliphatic heterocycles. The number of alkyl halides is 2. The lowest BCUT2D eigenvalue weighted by molar-refractivity contribution is -0.117. The molecule has 0 spiro atoms. The highest BCUT2D eigenvalue weighted by molar-refractivity contribution is 6.08. The van der Waals surface area contributed by atoms with Crippen molar-refractivity contribution in [2.45, 2.75) is 62.8 Å². The van der Waals surface area contributed by atoms with Gasteiger partial charge in [-0.15, -0.1) is 0 Å². The summed E-state index contributed by atoms with van der Waals surface area (Å²) < 4.78 is 59.4. The van der Waals surface area contributed by atoms with Gasteiger partial charge in [-0.1, -0.05) is 12.1 Å². The van der Waals surface area contributed by atoms with E-state index < -0.39 is 17.9 Å². The highest BCUT2D eigenvalue weighted by Crippen LogP contribution is 2.34. The van der Waals surface area contributed by atoms with E-state index in [9.17, 15) is 18.4 Å². The molecule has 4 heterocycles. The Morgan fingerprint density at radius 1 is 0.833 bits per heavy atom. The molecule has 0 radical (unpaired) electrons. The Kier molecular flexibility index (Phi) is 11.1. The summed E-state index contributed by atoms with van der Waals surface area (Å²) in [6, 6.07) is 16.6. The van der Waals surface area contributed by atoms with Gasteiger partial charge in [-0.3, -0.25) is 9.88 Å². The van der Waals surface area contributed by atoms with Crippen LogP contribution in [0.15, 0.2) is 73.2 Å². The van der Waals surface area contributed by atoms with Crippen molar-refractivity contribution in [2.75, 3.05) is 40.5 Å². The Bertz CT molecular complexity index is 2110. The van der Waals surface area contributed by atoms with Crippen LogP contribution in [0.25, 0.3) is 32.9 Å². The van der Waals surface area contributed by atoms with Gasteiger partial charge in [0, 0.05) is 85.9 Å². The number of halogens is 2. The number of aromatic nitrogens is 3. The first-order chi connectivity index (χ1) is 26.1. The van der Waals surface area contributed by atoms with E-state index in [-0.39, 0.29) is 61.2 Å². The van der Waals surface area contributed by atoms with E-state index in [1.54, 1.807) is 4.90 Å². The number of hydrogen-bond donors (Lipinski definition) is 0. The van der Waals surface area contributed by atoms with Crippen LogP contribution in [0.1, 0.15) is 59.2 Å². The number of rotatable bonds is 14. The number of methoxy groups -OCH3 is 2. The second-order valence-electron chi connectivity index (χ2n) is 14.0. The number of aryl methyl sites for hydroxylation is 1. The molecule has 284 valence electrons. The molecular formula is C41H44F2N4O7. The minimum Gasteiger partial charge on any atom is -0.494 e. The van der Waals surface area contributed by atoms with Crippen molar-refractivity contribution in [1.82, 2.24) is 19.4 Å². The van der Waals surface area contributed by atoms with E-state index in [4.69, 9.17) is 23.7 Å². The minimum atomic E-state index is -2.88. The molecule has 0 N–H and O–H groups in total. The Morgan fingerprint density at radius 3 is 2.33 bits per heavy atom. The molecule has 54 heavy (non-hydrogen) atoms. The number of esters is 2. The van der Waals surface area contributed by atoms with Gasteiger partial charge >= 0.3 is 11.9 Å². The number of nitrogens with zero attached hydrogens (tertiary/aromatic N) is 4. The molecule has 2 aromatic carbocycles. The fraction of sp³-hybridized carbons (Fsp3) is 0.415. The molecule has 0 bridgehead atoms. The summed E-state index contributed by atoms with van der Waals surface area (Å²) in [5.74, 6) is -3.44. The van der Waals surface area contributed by atoms with Gasteiger partial charge in [-0.2, -0.15) is 0 Å². The summed E-state index contributed by atoms with van der Waals surface area (Å²) in [5.41, 5.74) is 4.39. The quantitative estimate of drug-likeness (QED) is 0.0852. The van der Waals surface area contributed by atoms with Crippen LogP contribution in [-0.4, -0.2) is 96.1 Å². The second-order valence-corrected chi connectivity index (χ2v) is 14.0. The van der Waals surface area contributed by atoms with Crippen LogP contribution in [0.2, 0.25) is 0 Å². The number of likely N-dealkylation sites (tertiary alicyclic amines) is 1. The van der Waals surface area contributed by atoms with Crippen LogP contribution in [0, 0.1) is 0 Å². The monoisotopic (exact) mass is 742 g/mol. The molecule has 7 rings (SSSR count). The summed E-state index contributed by atoms with van der Waals surface area (Å²) in [6.45, 7) is 0.805. The SMILES string of the molecule is COC(=O)c1ccc(OCCCC(F)(F)CN2CCC(OC3CC(Oc4ccc(-c5ccc6c7cnccc7n(C)c6c5)cn4)C3)CC2)cc1C(=O)OC. The average Bonchev–Trinajstić information content (AvgIpc) is 3.46. The third-order valence-electron chi connectivity index (χ3n) is 10.3. The predicted octanol–water partition coefficient (Wildman–Crippen LogP) is 7.25. The van der Waals surface area contributed by atoms with Crippen molar-refractivity contribution >= 4 is 33.7 Å². The van der Waals surface area contributed by atoms with Crippen LogP contribution < -0.4 is 9.47 Å². The first-order valence-electron chi connectivity index (χ1n) is 18.2. The Hall–Kier alpha value is -5.14. The third-order valence-corrected chi connectivity index (χ3v) is 10.3. The number of carbonyl (C=O) groups is 2. The normalized spacial score (nSPS) is 18.0. The molecule has 13 heteroatoms. The van der Waals surface area contributed by atoms with Crippen LogP contribution in [0.3, 0.4) is 0 Å². The number of ether oxygens (including phenoxy) is 5. The zero-order valence-corrected chi connectivity index (χ0v) is 30.6. The van der Waals surface area contributed by atoms with Gasteiger partial charge in [0.25, 0.3) is 5.92 Å². The van der Waals surface area contributed by atoms with E-state index in [1.165, 1.54) is 37.8 Å². The Labute approximate surface area is 312 Å². The number of benzene rings is 2. The number of hydrogen-bond acceptors (Lipinski definition) is 10. The molecule has 11 nitrogen and oxygen atoms in total. The predicted molar refractivity (Wildman–Crippen MR) is 198 cm³/mol. The van der Waals surface area contributed by atoms with Crippen molar-refractivity contribution in [2.24, 2.45) is 7.05 Å². The zero-order chi connectivity index (χ0) is 37.8. The van der Waals surface area contributed by atoms with Gasteiger partial charge in [-0.05, 0) is 61.2 Å². The van der Waals surface area contributed by atoms with Gasteiger partial charge in [0.05, 0.1) is 56.2 Å². The van der Waals surface area contributed by atoms with Gasteiger partial charge in [0.2, 0.25) is 5.88 Å². The van der Waals surface area contributed by atoms with Gasteiger partial charge in [-0.25, -0.2) is 23.4 Å². The van der Waals surface area contributed by atoms with E-state index in [2.05, 4.69) is 39.8 Å². The fourth-order valence-corrected chi connectivity index (χ4v) is 7.33. The van der Waals surface area contributed by atoms with Crippen LogP contribution in [0.4, 0.5) is 8.78 Å². The highest BCUT2D eigenvalue weighted by Gasteiger charge is 2.37. The summed E-state index contributed by atoms with van der Waals surface area (Å²) in [7, 11) is 4.47. The largest absolute Gasteiger partial charge is 0.494 e. The third kappa shape index (κ3) is 8.32. The first kappa shape index (κ1) is 37.2.